The molecule has 0 saturated heterocycles. The van der Waals surface area contributed by atoms with Crippen LogP contribution in [0.1, 0.15) is 18.5 Å². The molecule has 2 N–H and O–H groups in total. The summed E-state index contributed by atoms with van der Waals surface area (Å²) in [5.74, 6) is -1.22. The van der Waals surface area contributed by atoms with Gasteiger partial charge in [0.2, 0.25) is 5.91 Å². The van der Waals surface area contributed by atoms with E-state index in [9.17, 15) is 18.8 Å². The Morgan fingerprint density at radius 1 is 1.27 bits per heavy atom. The lowest BCUT2D eigenvalue weighted by molar-refractivity contribution is -0.133. The molecule has 2 heterocycles. The van der Waals surface area contributed by atoms with E-state index in [4.69, 9.17) is 11.6 Å². The number of carbonyl (C=O) groups excluding carboxylic acids is 3. The second-order valence-corrected chi connectivity index (χ2v) is 8.18. The third kappa shape index (κ3) is 4.21. The number of carbonyl (C=O) groups is 3. The number of anilines is 1. The van der Waals surface area contributed by atoms with Gasteiger partial charge in [0.1, 0.15) is 11.9 Å². The monoisotopic (exact) mass is 468 g/mol. The zero-order valence-electron chi connectivity index (χ0n) is 17.8. The van der Waals surface area contributed by atoms with Crippen molar-refractivity contribution in [2.45, 2.75) is 19.0 Å². The lowest BCUT2D eigenvalue weighted by Gasteiger charge is -2.33. The highest BCUT2D eigenvalue weighted by atomic mass is 35.5. The second-order valence-electron chi connectivity index (χ2n) is 7.77. The molecule has 2 aromatic carbocycles. The molecule has 170 valence electrons. The van der Waals surface area contributed by atoms with Gasteiger partial charge in [0.15, 0.2) is 0 Å². The van der Waals surface area contributed by atoms with Gasteiger partial charge < -0.3 is 15.5 Å². The molecule has 9 heteroatoms. The molecule has 33 heavy (non-hydrogen) atoms. The number of rotatable bonds is 6. The van der Waals surface area contributed by atoms with Crippen molar-refractivity contribution in [2.75, 3.05) is 18.4 Å². The highest BCUT2D eigenvalue weighted by molar-refractivity contribution is 6.31. The van der Waals surface area contributed by atoms with Crippen LogP contribution in [0.5, 0.6) is 0 Å². The van der Waals surface area contributed by atoms with Crippen LogP contribution in [0.2, 0.25) is 5.02 Å². The number of nitrogens with one attached hydrogen (secondary N) is 2. The van der Waals surface area contributed by atoms with Gasteiger partial charge in [-0.15, -0.1) is 6.58 Å². The van der Waals surface area contributed by atoms with E-state index in [-0.39, 0.29) is 25.0 Å². The summed E-state index contributed by atoms with van der Waals surface area (Å²) in [5.41, 5.74) is 1.88. The van der Waals surface area contributed by atoms with Gasteiger partial charge in [-0.25, -0.2) is 9.18 Å². The molecule has 0 aliphatic carbocycles. The van der Waals surface area contributed by atoms with Gasteiger partial charge in [0.25, 0.3) is 5.91 Å². The molecular weight excluding hydrogens is 447 g/mol. The Morgan fingerprint density at radius 3 is 2.64 bits per heavy atom. The van der Waals surface area contributed by atoms with Gasteiger partial charge >= 0.3 is 6.03 Å². The summed E-state index contributed by atoms with van der Waals surface area (Å²) in [6, 6.07) is 10.4. The highest BCUT2D eigenvalue weighted by Gasteiger charge is 2.46. The van der Waals surface area contributed by atoms with Crippen LogP contribution in [0, 0.1) is 5.82 Å². The Labute approximate surface area is 195 Å². The number of hydrogen-bond acceptors (Lipinski definition) is 3. The van der Waals surface area contributed by atoms with E-state index in [1.165, 1.54) is 34.1 Å². The van der Waals surface area contributed by atoms with Crippen molar-refractivity contribution in [3.05, 3.63) is 88.9 Å². The number of benzene rings is 2. The molecule has 2 atom stereocenters. The van der Waals surface area contributed by atoms with Crippen molar-refractivity contribution in [1.82, 2.24) is 15.1 Å². The fourth-order valence-corrected chi connectivity index (χ4v) is 4.26. The Bertz CT molecular complexity index is 1160. The maximum atomic E-state index is 13.5. The first-order chi connectivity index (χ1) is 15.8. The van der Waals surface area contributed by atoms with Crippen LogP contribution in [0.25, 0.3) is 0 Å². The van der Waals surface area contributed by atoms with Gasteiger partial charge in [-0.3, -0.25) is 14.5 Å². The maximum absolute atomic E-state index is 13.5. The summed E-state index contributed by atoms with van der Waals surface area (Å²) in [5, 5.41) is 5.97. The zero-order chi connectivity index (χ0) is 23.7. The lowest BCUT2D eigenvalue weighted by Crippen LogP contribution is -2.47. The fraction of sp³-hybridized carbons (Fsp3) is 0.208. The molecule has 0 radical (unpaired) electrons. The number of urea groups is 1. The predicted octanol–water partition coefficient (Wildman–Crippen LogP) is 3.85. The first-order valence-electron chi connectivity index (χ1n) is 10.4. The molecule has 0 bridgehead atoms. The summed E-state index contributed by atoms with van der Waals surface area (Å²) in [6.45, 7) is 5.58. The minimum Gasteiger partial charge on any atom is -0.326 e. The number of amides is 4. The smallest absolute Gasteiger partial charge is 0.322 e. The third-order valence-corrected chi connectivity index (χ3v) is 6.08. The van der Waals surface area contributed by atoms with Gasteiger partial charge in [0.05, 0.1) is 23.9 Å². The first kappa shape index (κ1) is 22.5. The molecule has 2 aromatic rings. The van der Waals surface area contributed by atoms with Crippen LogP contribution in [0.4, 0.5) is 14.9 Å². The van der Waals surface area contributed by atoms with E-state index in [2.05, 4.69) is 17.2 Å². The minimum absolute atomic E-state index is 0.0778. The van der Waals surface area contributed by atoms with Crippen LogP contribution >= 0.6 is 11.6 Å². The second kappa shape index (κ2) is 9.07. The predicted molar refractivity (Wildman–Crippen MR) is 123 cm³/mol. The molecule has 0 aromatic heterocycles. The average Bonchev–Trinajstić information content (AvgIpc) is 3.14. The van der Waals surface area contributed by atoms with Crippen molar-refractivity contribution in [1.29, 1.82) is 0 Å². The summed E-state index contributed by atoms with van der Waals surface area (Å²) >= 11 is 6.37. The summed E-state index contributed by atoms with van der Waals surface area (Å²) in [4.78, 5) is 42.1. The lowest BCUT2D eigenvalue weighted by atomic mass is 9.95. The molecule has 2 aliphatic heterocycles. The van der Waals surface area contributed by atoms with Crippen LogP contribution < -0.4 is 10.6 Å². The number of hydrogen-bond donors (Lipinski definition) is 2. The van der Waals surface area contributed by atoms with Crippen molar-refractivity contribution >= 4 is 35.1 Å². The molecule has 7 nitrogen and oxygen atoms in total. The highest BCUT2D eigenvalue weighted by Crippen LogP contribution is 2.39. The van der Waals surface area contributed by atoms with Gasteiger partial charge in [-0.2, -0.15) is 0 Å². The van der Waals surface area contributed by atoms with E-state index in [1.807, 2.05) is 0 Å². The first-order valence-corrected chi connectivity index (χ1v) is 10.7. The molecule has 0 saturated carbocycles. The van der Waals surface area contributed by atoms with Gasteiger partial charge in [-0.05, 0) is 42.8 Å². The molecule has 0 unspecified atom stereocenters. The molecule has 4 amide bonds. The van der Waals surface area contributed by atoms with Crippen LogP contribution in [-0.4, -0.2) is 46.8 Å². The molecule has 2 aliphatic rings. The number of halogens is 2. The zero-order valence-corrected chi connectivity index (χ0v) is 18.6. The summed E-state index contributed by atoms with van der Waals surface area (Å²) in [7, 11) is 0. The van der Waals surface area contributed by atoms with E-state index in [1.54, 1.807) is 37.3 Å². The minimum atomic E-state index is -0.847. The molecule has 0 spiro atoms. The van der Waals surface area contributed by atoms with Gasteiger partial charge in [0, 0.05) is 17.3 Å². The summed E-state index contributed by atoms with van der Waals surface area (Å²) < 4.78 is 13.2. The van der Waals surface area contributed by atoms with Gasteiger partial charge in [-0.1, -0.05) is 35.9 Å². The SMILES string of the molecule is C=CCN1C(=O)N[C@H](c2ccccc2Cl)C2=C1CN([C@@H](C)C(=O)Nc1ccc(F)cc1)C2=O. The standard InChI is InChI=1S/C24H22ClFN4O3/c1-3-12-29-19-13-30(14(2)22(31)27-16-10-8-15(26)9-11-16)23(32)20(19)21(28-24(29)33)17-6-4-5-7-18(17)25/h3-11,14,21H,1,12-13H2,2H3,(H,27,31)(H,28,33)/t14-,21+/m0/s1. The Hall–Kier alpha value is -3.65. The number of nitrogens with zero attached hydrogens (tertiary/aromatic N) is 2. The molecule has 0 fully saturated rings. The van der Waals surface area contributed by atoms with Crippen LogP contribution in [0.15, 0.2) is 72.5 Å². The molecule has 4 rings (SSSR count). The Morgan fingerprint density at radius 2 is 1.97 bits per heavy atom. The van der Waals surface area contributed by atoms with Crippen molar-refractivity contribution in [2.24, 2.45) is 0 Å². The van der Waals surface area contributed by atoms with Crippen LogP contribution in [-0.2, 0) is 9.59 Å². The van der Waals surface area contributed by atoms with Crippen LogP contribution in [0.3, 0.4) is 0 Å². The average molecular weight is 469 g/mol. The maximum Gasteiger partial charge on any atom is 0.322 e. The quantitative estimate of drug-likeness (QED) is 0.632. The normalized spacial score (nSPS) is 18.7. The molecular formula is C24H22ClFN4O3. The van der Waals surface area contributed by atoms with E-state index < -0.39 is 23.8 Å². The summed E-state index contributed by atoms with van der Waals surface area (Å²) in [6.07, 6.45) is 1.57. The van der Waals surface area contributed by atoms with E-state index in [0.717, 1.165) is 0 Å². The van der Waals surface area contributed by atoms with E-state index in [0.29, 0.717) is 27.5 Å². The third-order valence-electron chi connectivity index (χ3n) is 5.74. The largest absolute Gasteiger partial charge is 0.326 e. The fourth-order valence-electron chi connectivity index (χ4n) is 4.01. The van der Waals surface area contributed by atoms with E-state index >= 15 is 0 Å². The van der Waals surface area contributed by atoms with Crippen molar-refractivity contribution in [3.8, 4) is 0 Å². The van der Waals surface area contributed by atoms with Crippen molar-refractivity contribution in [3.63, 3.8) is 0 Å². The Balaban J connectivity index is 1.64. The Kier molecular flexibility index (Phi) is 6.20. The van der Waals surface area contributed by atoms with Crippen molar-refractivity contribution < 1.29 is 18.8 Å². The topological polar surface area (TPSA) is 81.8 Å².